The van der Waals surface area contributed by atoms with Gasteiger partial charge in [0.25, 0.3) is 0 Å². The molecule has 0 aliphatic heterocycles. The molecule has 0 spiro atoms. The van der Waals surface area contributed by atoms with E-state index in [-0.39, 0.29) is 11.2 Å². The number of aromatic nitrogens is 2. The van der Waals surface area contributed by atoms with Gasteiger partial charge >= 0.3 is 0 Å². The van der Waals surface area contributed by atoms with Crippen LogP contribution in [-0.4, -0.2) is 9.78 Å². The molecule has 2 aromatic rings. The summed E-state index contributed by atoms with van der Waals surface area (Å²) in [5, 5.41) is 4.45. The quantitative estimate of drug-likeness (QED) is 0.735. The predicted molar refractivity (Wildman–Crippen MR) is 67.3 cm³/mol. The van der Waals surface area contributed by atoms with Crippen molar-refractivity contribution in [3.63, 3.8) is 0 Å². The van der Waals surface area contributed by atoms with Gasteiger partial charge in [-0.1, -0.05) is 39.0 Å². The zero-order chi connectivity index (χ0) is 12.6. The van der Waals surface area contributed by atoms with Crippen LogP contribution in [0.3, 0.4) is 0 Å². The highest BCUT2D eigenvalue weighted by atomic mass is 19.1. The lowest BCUT2D eigenvalue weighted by Crippen LogP contribution is -2.13. The third kappa shape index (κ3) is 2.23. The Morgan fingerprint density at radius 1 is 1.12 bits per heavy atom. The average Bonchev–Trinajstić information content (AvgIpc) is 2.60. The second kappa shape index (κ2) is 3.99. The highest BCUT2D eigenvalue weighted by Crippen LogP contribution is 2.32. The van der Waals surface area contributed by atoms with Gasteiger partial charge in [-0.15, -0.1) is 0 Å². The fraction of sp³-hybridized carbons (Fsp3) is 0.357. The van der Waals surface area contributed by atoms with Crippen molar-refractivity contribution in [3.05, 3.63) is 42.0 Å². The summed E-state index contributed by atoms with van der Waals surface area (Å²) < 4.78 is 15.6. The van der Waals surface area contributed by atoms with E-state index in [1.165, 1.54) is 6.07 Å². The van der Waals surface area contributed by atoms with Gasteiger partial charge in [0.15, 0.2) is 0 Å². The SMILES string of the molecule is Cn1cc(-c2ccccc2F)c(C(C)(C)C)n1. The van der Waals surface area contributed by atoms with Gasteiger partial charge in [-0.3, -0.25) is 4.68 Å². The Morgan fingerprint density at radius 2 is 1.76 bits per heavy atom. The summed E-state index contributed by atoms with van der Waals surface area (Å²) >= 11 is 0. The lowest BCUT2D eigenvalue weighted by molar-refractivity contribution is 0.553. The zero-order valence-electron chi connectivity index (χ0n) is 10.7. The number of halogens is 1. The maximum absolute atomic E-state index is 13.8. The molecule has 1 heterocycles. The van der Waals surface area contributed by atoms with Gasteiger partial charge in [0.2, 0.25) is 0 Å². The monoisotopic (exact) mass is 232 g/mol. The molecule has 0 saturated carbocycles. The molecule has 3 heteroatoms. The van der Waals surface area contributed by atoms with Crippen LogP contribution < -0.4 is 0 Å². The highest BCUT2D eigenvalue weighted by Gasteiger charge is 2.23. The summed E-state index contributed by atoms with van der Waals surface area (Å²) in [6.07, 6.45) is 1.87. The zero-order valence-corrected chi connectivity index (χ0v) is 10.7. The predicted octanol–water partition coefficient (Wildman–Crippen LogP) is 3.52. The van der Waals surface area contributed by atoms with E-state index in [1.807, 2.05) is 19.3 Å². The van der Waals surface area contributed by atoms with E-state index in [9.17, 15) is 4.39 Å². The first kappa shape index (κ1) is 11.8. The number of aryl methyl sites for hydroxylation is 1. The van der Waals surface area contributed by atoms with E-state index in [4.69, 9.17) is 0 Å². The molecule has 0 fully saturated rings. The first-order valence-electron chi connectivity index (χ1n) is 5.68. The summed E-state index contributed by atoms with van der Waals surface area (Å²) in [4.78, 5) is 0. The minimum Gasteiger partial charge on any atom is -0.275 e. The van der Waals surface area contributed by atoms with Crippen molar-refractivity contribution in [3.8, 4) is 11.1 Å². The third-order valence-corrected chi connectivity index (χ3v) is 2.70. The second-order valence-electron chi connectivity index (χ2n) is 5.29. The minimum atomic E-state index is -0.203. The molecule has 0 aliphatic rings. The van der Waals surface area contributed by atoms with E-state index in [0.29, 0.717) is 5.56 Å². The molecule has 1 aromatic heterocycles. The van der Waals surface area contributed by atoms with E-state index >= 15 is 0 Å². The third-order valence-electron chi connectivity index (χ3n) is 2.70. The maximum Gasteiger partial charge on any atom is 0.131 e. The van der Waals surface area contributed by atoms with Crippen molar-refractivity contribution in [2.24, 2.45) is 7.05 Å². The summed E-state index contributed by atoms with van der Waals surface area (Å²) in [7, 11) is 1.86. The van der Waals surface area contributed by atoms with Crippen molar-refractivity contribution >= 4 is 0 Å². The van der Waals surface area contributed by atoms with Crippen molar-refractivity contribution in [2.75, 3.05) is 0 Å². The molecule has 0 unspecified atom stereocenters. The van der Waals surface area contributed by atoms with Gasteiger partial charge in [0.1, 0.15) is 5.82 Å². The topological polar surface area (TPSA) is 17.8 Å². The average molecular weight is 232 g/mol. The number of hydrogen-bond donors (Lipinski definition) is 0. The first-order chi connectivity index (χ1) is 7.89. The molecule has 2 rings (SSSR count). The lowest BCUT2D eigenvalue weighted by Gasteiger charge is -2.17. The molecule has 0 saturated heterocycles. The normalized spacial score (nSPS) is 11.8. The molecule has 0 radical (unpaired) electrons. The lowest BCUT2D eigenvalue weighted by atomic mass is 9.87. The molecule has 90 valence electrons. The Kier molecular flexibility index (Phi) is 2.77. The Hall–Kier alpha value is -1.64. The van der Waals surface area contributed by atoms with Gasteiger partial charge in [0, 0.05) is 29.8 Å². The molecule has 0 atom stereocenters. The molecule has 0 bridgehead atoms. The van der Waals surface area contributed by atoms with Crippen molar-refractivity contribution in [1.82, 2.24) is 9.78 Å². The Balaban J connectivity index is 2.64. The summed E-state index contributed by atoms with van der Waals surface area (Å²) in [6.45, 7) is 6.25. The summed E-state index contributed by atoms with van der Waals surface area (Å²) in [5.74, 6) is -0.203. The number of hydrogen-bond acceptors (Lipinski definition) is 1. The van der Waals surface area contributed by atoms with Gasteiger partial charge < -0.3 is 0 Å². The van der Waals surface area contributed by atoms with Crippen LogP contribution in [0.25, 0.3) is 11.1 Å². The smallest absolute Gasteiger partial charge is 0.131 e. The molecular formula is C14H17FN2. The number of nitrogens with zero attached hydrogens (tertiary/aromatic N) is 2. The van der Waals surface area contributed by atoms with Crippen LogP contribution in [-0.2, 0) is 12.5 Å². The minimum absolute atomic E-state index is 0.0983. The Bertz CT molecular complexity index is 535. The van der Waals surface area contributed by atoms with Crippen LogP contribution in [0.2, 0.25) is 0 Å². The van der Waals surface area contributed by atoms with Crippen LogP contribution in [0.1, 0.15) is 26.5 Å². The fourth-order valence-electron chi connectivity index (χ4n) is 1.92. The molecule has 2 nitrogen and oxygen atoms in total. The largest absolute Gasteiger partial charge is 0.275 e. The summed E-state index contributed by atoms with van der Waals surface area (Å²) in [5.41, 5.74) is 2.31. The molecule has 17 heavy (non-hydrogen) atoms. The van der Waals surface area contributed by atoms with Gasteiger partial charge in [-0.2, -0.15) is 5.10 Å². The van der Waals surface area contributed by atoms with Crippen LogP contribution in [0, 0.1) is 5.82 Å². The number of rotatable bonds is 1. The molecule has 0 aliphatic carbocycles. The van der Waals surface area contributed by atoms with Gasteiger partial charge in [0.05, 0.1) is 5.69 Å². The fourth-order valence-corrected chi connectivity index (χ4v) is 1.92. The van der Waals surface area contributed by atoms with Gasteiger partial charge in [-0.05, 0) is 6.07 Å². The van der Waals surface area contributed by atoms with Crippen molar-refractivity contribution in [1.29, 1.82) is 0 Å². The molecule has 1 aromatic carbocycles. The standard InChI is InChI=1S/C14H17FN2/c1-14(2,3)13-11(9-17(4)16-13)10-7-5-6-8-12(10)15/h5-9H,1-4H3. The van der Waals surface area contributed by atoms with E-state index < -0.39 is 0 Å². The van der Waals surface area contributed by atoms with Crippen LogP contribution in [0.15, 0.2) is 30.5 Å². The summed E-state index contributed by atoms with van der Waals surface area (Å²) in [6, 6.07) is 6.82. The Labute approximate surface area is 101 Å². The van der Waals surface area contributed by atoms with Crippen molar-refractivity contribution < 1.29 is 4.39 Å². The van der Waals surface area contributed by atoms with Crippen LogP contribution in [0.5, 0.6) is 0 Å². The van der Waals surface area contributed by atoms with Crippen molar-refractivity contribution in [2.45, 2.75) is 26.2 Å². The molecule has 0 amide bonds. The van der Waals surface area contributed by atoms with E-state index in [2.05, 4.69) is 25.9 Å². The Morgan fingerprint density at radius 3 is 2.35 bits per heavy atom. The molecule has 0 N–H and O–H groups in total. The maximum atomic E-state index is 13.8. The van der Waals surface area contributed by atoms with E-state index in [1.54, 1.807) is 16.8 Å². The highest BCUT2D eigenvalue weighted by molar-refractivity contribution is 5.67. The first-order valence-corrected chi connectivity index (χ1v) is 5.68. The van der Waals surface area contributed by atoms with Gasteiger partial charge in [-0.25, -0.2) is 4.39 Å². The second-order valence-corrected chi connectivity index (χ2v) is 5.29. The van der Waals surface area contributed by atoms with Crippen LogP contribution in [0.4, 0.5) is 4.39 Å². The number of benzene rings is 1. The molecular weight excluding hydrogens is 215 g/mol. The van der Waals surface area contributed by atoms with Crippen LogP contribution >= 0.6 is 0 Å². The van der Waals surface area contributed by atoms with E-state index in [0.717, 1.165) is 11.3 Å².